The average molecular weight is 209 g/mol. The van der Waals surface area contributed by atoms with E-state index in [0.29, 0.717) is 6.42 Å². The maximum Gasteiger partial charge on any atom is 0.404 e. The summed E-state index contributed by atoms with van der Waals surface area (Å²) in [7, 11) is 0. The zero-order valence-corrected chi connectivity index (χ0v) is 8.55. The number of carboxylic acid groups (broad SMARTS) is 1. The summed E-state index contributed by atoms with van der Waals surface area (Å²) in [5, 5.41) is 20.3. The third kappa shape index (κ3) is 3.99. The van der Waals surface area contributed by atoms with E-state index in [1.54, 1.807) is 6.92 Å². The van der Waals surface area contributed by atoms with E-state index in [4.69, 9.17) is 5.11 Å². The van der Waals surface area contributed by atoms with Gasteiger partial charge in [0.1, 0.15) is 0 Å². The molecule has 2 atom stereocenters. The fourth-order valence-corrected chi connectivity index (χ4v) is 1.37. The Balaban J connectivity index is 2.63. The molecule has 15 heavy (non-hydrogen) atoms. The molecule has 0 saturated carbocycles. The fourth-order valence-electron chi connectivity index (χ4n) is 1.37. The molecule has 1 unspecified atom stereocenters. The van der Waals surface area contributed by atoms with E-state index in [2.05, 4.69) is 5.32 Å². The van der Waals surface area contributed by atoms with E-state index in [1.165, 1.54) is 0 Å². The van der Waals surface area contributed by atoms with E-state index in [0.717, 1.165) is 5.56 Å². The normalized spacial score (nSPS) is 14.3. The van der Waals surface area contributed by atoms with Crippen LogP contribution in [0.3, 0.4) is 0 Å². The molecule has 0 bridgehead atoms. The van der Waals surface area contributed by atoms with Crippen molar-refractivity contribution < 1.29 is 15.0 Å². The second kappa shape index (κ2) is 5.36. The third-order valence-electron chi connectivity index (χ3n) is 2.19. The first kappa shape index (κ1) is 11.5. The van der Waals surface area contributed by atoms with Crippen LogP contribution in [0.15, 0.2) is 30.3 Å². The summed E-state index contributed by atoms with van der Waals surface area (Å²) in [6.45, 7) is 1.57. The monoisotopic (exact) mass is 209 g/mol. The first-order chi connectivity index (χ1) is 7.09. The standard InChI is InChI=1S/C11H15NO3/c1-8(13)10(12-11(14)15)7-9-5-3-2-4-6-9/h2-6,8,10,12-13H,7H2,1H3,(H,14,15)/t8?,10-/m0/s1. The lowest BCUT2D eigenvalue weighted by Crippen LogP contribution is -2.42. The summed E-state index contributed by atoms with van der Waals surface area (Å²) < 4.78 is 0. The summed E-state index contributed by atoms with van der Waals surface area (Å²) in [5.74, 6) is 0. The molecule has 0 saturated heterocycles. The van der Waals surface area contributed by atoms with Gasteiger partial charge in [-0.05, 0) is 18.9 Å². The van der Waals surface area contributed by atoms with Gasteiger partial charge in [-0.2, -0.15) is 0 Å². The lowest BCUT2D eigenvalue weighted by Gasteiger charge is -2.19. The maximum absolute atomic E-state index is 10.5. The summed E-state index contributed by atoms with van der Waals surface area (Å²) in [6.07, 6.45) is -1.33. The molecule has 0 heterocycles. The van der Waals surface area contributed by atoms with Gasteiger partial charge in [-0.1, -0.05) is 30.3 Å². The van der Waals surface area contributed by atoms with Crippen molar-refractivity contribution in [3.05, 3.63) is 35.9 Å². The van der Waals surface area contributed by atoms with Crippen molar-refractivity contribution >= 4 is 6.09 Å². The van der Waals surface area contributed by atoms with Crippen LogP contribution in [0, 0.1) is 0 Å². The largest absolute Gasteiger partial charge is 0.465 e. The maximum atomic E-state index is 10.5. The summed E-state index contributed by atoms with van der Waals surface area (Å²) in [6, 6.07) is 9.00. The molecule has 3 N–H and O–H groups in total. The van der Waals surface area contributed by atoms with Crippen molar-refractivity contribution in [3.63, 3.8) is 0 Å². The topological polar surface area (TPSA) is 69.6 Å². The minimum atomic E-state index is -1.11. The Morgan fingerprint density at radius 3 is 2.47 bits per heavy atom. The Morgan fingerprint density at radius 2 is 2.00 bits per heavy atom. The molecule has 0 aliphatic rings. The molecule has 4 heteroatoms. The zero-order chi connectivity index (χ0) is 11.3. The van der Waals surface area contributed by atoms with Crippen LogP contribution < -0.4 is 5.32 Å². The number of amides is 1. The second-order valence-electron chi connectivity index (χ2n) is 3.49. The van der Waals surface area contributed by atoms with Crippen LogP contribution in [0.5, 0.6) is 0 Å². The van der Waals surface area contributed by atoms with E-state index < -0.39 is 18.2 Å². The molecule has 0 fully saturated rings. The molecule has 1 amide bonds. The predicted molar refractivity (Wildman–Crippen MR) is 56.8 cm³/mol. The van der Waals surface area contributed by atoms with Gasteiger partial charge in [0, 0.05) is 0 Å². The number of hydrogen-bond donors (Lipinski definition) is 3. The molecule has 82 valence electrons. The van der Waals surface area contributed by atoms with Crippen LogP contribution in [0.25, 0.3) is 0 Å². The minimum absolute atomic E-state index is 0.468. The Bertz CT molecular complexity index is 311. The highest BCUT2D eigenvalue weighted by atomic mass is 16.4. The molecular formula is C11H15NO3. The number of aliphatic hydroxyl groups excluding tert-OH is 1. The van der Waals surface area contributed by atoms with Crippen molar-refractivity contribution in [2.75, 3.05) is 0 Å². The lowest BCUT2D eigenvalue weighted by molar-refractivity contribution is 0.133. The van der Waals surface area contributed by atoms with Crippen LogP contribution in [-0.4, -0.2) is 28.5 Å². The van der Waals surface area contributed by atoms with Gasteiger partial charge < -0.3 is 15.5 Å². The van der Waals surface area contributed by atoms with E-state index in [1.807, 2.05) is 30.3 Å². The molecule has 4 nitrogen and oxygen atoms in total. The van der Waals surface area contributed by atoms with Gasteiger partial charge in [0.2, 0.25) is 0 Å². The highest BCUT2D eigenvalue weighted by molar-refractivity contribution is 5.65. The van der Waals surface area contributed by atoms with Gasteiger partial charge in [-0.25, -0.2) is 4.79 Å². The van der Waals surface area contributed by atoms with E-state index in [-0.39, 0.29) is 0 Å². The molecule has 0 aromatic heterocycles. The number of rotatable bonds is 4. The molecule has 1 aromatic rings. The SMILES string of the molecule is CC(O)[C@H](Cc1ccccc1)NC(=O)O. The molecule has 0 aliphatic heterocycles. The number of benzene rings is 1. The first-order valence-corrected chi connectivity index (χ1v) is 4.81. The molecule has 1 aromatic carbocycles. The van der Waals surface area contributed by atoms with Crippen LogP contribution in [-0.2, 0) is 6.42 Å². The van der Waals surface area contributed by atoms with Crippen molar-refractivity contribution in [2.24, 2.45) is 0 Å². The van der Waals surface area contributed by atoms with Gasteiger partial charge in [0.25, 0.3) is 0 Å². The fraction of sp³-hybridized carbons (Fsp3) is 0.364. The quantitative estimate of drug-likeness (QED) is 0.699. The van der Waals surface area contributed by atoms with Crippen molar-refractivity contribution in [2.45, 2.75) is 25.5 Å². The minimum Gasteiger partial charge on any atom is -0.465 e. The number of hydrogen-bond acceptors (Lipinski definition) is 2. The Morgan fingerprint density at radius 1 is 1.40 bits per heavy atom. The van der Waals surface area contributed by atoms with Crippen molar-refractivity contribution in [3.8, 4) is 0 Å². The van der Waals surface area contributed by atoms with Gasteiger partial charge in [-0.15, -0.1) is 0 Å². The molecule has 0 spiro atoms. The van der Waals surface area contributed by atoms with Gasteiger partial charge >= 0.3 is 6.09 Å². The average Bonchev–Trinajstić information content (AvgIpc) is 2.17. The van der Waals surface area contributed by atoms with Crippen LogP contribution in [0.4, 0.5) is 4.79 Å². The summed E-state index contributed by atoms with van der Waals surface area (Å²) in [4.78, 5) is 10.5. The Labute approximate surface area is 88.6 Å². The zero-order valence-electron chi connectivity index (χ0n) is 8.55. The summed E-state index contributed by atoms with van der Waals surface area (Å²) >= 11 is 0. The predicted octanol–water partition coefficient (Wildman–Crippen LogP) is 1.25. The Hall–Kier alpha value is -1.55. The third-order valence-corrected chi connectivity index (χ3v) is 2.19. The highest BCUT2D eigenvalue weighted by Crippen LogP contribution is 2.05. The Kier molecular flexibility index (Phi) is 4.12. The molecular weight excluding hydrogens is 194 g/mol. The number of nitrogens with one attached hydrogen (secondary N) is 1. The van der Waals surface area contributed by atoms with Crippen LogP contribution in [0.1, 0.15) is 12.5 Å². The number of aliphatic hydroxyl groups is 1. The first-order valence-electron chi connectivity index (χ1n) is 4.81. The van der Waals surface area contributed by atoms with Crippen molar-refractivity contribution in [1.29, 1.82) is 0 Å². The number of carbonyl (C=O) groups is 1. The van der Waals surface area contributed by atoms with Gasteiger partial charge in [0.05, 0.1) is 12.1 Å². The van der Waals surface area contributed by atoms with Crippen molar-refractivity contribution in [1.82, 2.24) is 5.32 Å². The summed E-state index contributed by atoms with van der Waals surface area (Å²) in [5.41, 5.74) is 0.997. The van der Waals surface area contributed by atoms with Crippen LogP contribution >= 0.6 is 0 Å². The van der Waals surface area contributed by atoms with Gasteiger partial charge in [-0.3, -0.25) is 0 Å². The molecule has 1 rings (SSSR count). The second-order valence-corrected chi connectivity index (χ2v) is 3.49. The highest BCUT2D eigenvalue weighted by Gasteiger charge is 2.17. The van der Waals surface area contributed by atoms with Gasteiger partial charge in [0.15, 0.2) is 0 Å². The van der Waals surface area contributed by atoms with E-state index in [9.17, 15) is 9.90 Å². The van der Waals surface area contributed by atoms with Crippen LogP contribution in [0.2, 0.25) is 0 Å². The lowest BCUT2D eigenvalue weighted by atomic mass is 10.0. The molecule has 0 radical (unpaired) electrons. The molecule has 0 aliphatic carbocycles. The van der Waals surface area contributed by atoms with E-state index >= 15 is 0 Å². The smallest absolute Gasteiger partial charge is 0.404 e.